The number of nitrogens with one attached hydrogen (secondary N) is 1. The molecule has 0 atom stereocenters. The first-order chi connectivity index (χ1) is 8.20. The zero-order valence-corrected chi connectivity index (χ0v) is 11.0. The number of amides is 1. The number of rotatable bonds is 6. The standard InChI is InChI=1S/C12H18N2O2S/c1-16-10-6-3-5-9(11(10)13)12(15)14-7-4-8-17-2/h3,5-6H,4,7-8,13H2,1-2H3,(H,14,15). The highest BCUT2D eigenvalue weighted by Crippen LogP contribution is 2.24. The lowest BCUT2D eigenvalue weighted by molar-refractivity contribution is 0.0954. The fourth-order valence-electron chi connectivity index (χ4n) is 1.43. The number of carbonyl (C=O) groups excluding carboxylic acids is 1. The van der Waals surface area contributed by atoms with Crippen molar-refractivity contribution in [1.29, 1.82) is 0 Å². The van der Waals surface area contributed by atoms with Gasteiger partial charge in [0.2, 0.25) is 0 Å². The molecule has 0 bridgehead atoms. The van der Waals surface area contributed by atoms with E-state index in [1.807, 2.05) is 6.26 Å². The van der Waals surface area contributed by atoms with Crippen molar-refractivity contribution in [2.75, 3.05) is 31.4 Å². The molecule has 0 spiro atoms. The van der Waals surface area contributed by atoms with Gasteiger partial charge in [0.25, 0.3) is 5.91 Å². The molecule has 4 nitrogen and oxygen atoms in total. The van der Waals surface area contributed by atoms with E-state index in [4.69, 9.17) is 10.5 Å². The Balaban J connectivity index is 2.62. The number of benzene rings is 1. The molecular formula is C12H18N2O2S. The van der Waals surface area contributed by atoms with Crippen LogP contribution in [0.1, 0.15) is 16.8 Å². The number of hydrogen-bond acceptors (Lipinski definition) is 4. The zero-order valence-electron chi connectivity index (χ0n) is 10.2. The summed E-state index contributed by atoms with van der Waals surface area (Å²) in [5.74, 6) is 1.41. The van der Waals surface area contributed by atoms with Crippen LogP contribution in [0.3, 0.4) is 0 Å². The van der Waals surface area contributed by atoms with Crippen LogP contribution >= 0.6 is 11.8 Å². The van der Waals surface area contributed by atoms with E-state index in [1.54, 1.807) is 30.0 Å². The molecule has 1 rings (SSSR count). The van der Waals surface area contributed by atoms with Crippen LogP contribution in [-0.4, -0.2) is 31.6 Å². The summed E-state index contributed by atoms with van der Waals surface area (Å²) in [6.45, 7) is 0.663. The molecule has 3 N–H and O–H groups in total. The van der Waals surface area contributed by atoms with Crippen molar-refractivity contribution in [3.05, 3.63) is 23.8 Å². The van der Waals surface area contributed by atoms with E-state index in [2.05, 4.69) is 5.32 Å². The van der Waals surface area contributed by atoms with Gasteiger partial charge in [0, 0.05) is 6.54 Å². The first kappa shape index (κ1) is 13.7. The van der Waals surface area contributed by atoms with Gasteiger partial charge in [-0.2, -0.15) is 11.8 Å². The van der Waals surface area contributed by atoms with Crippen LogP contribution in [0, 0.1) is 0 Å². The fourth-order valence-corrected chi connectivity index (χ4v) is 1.87. The average Bonchev–Trinajstić information content (AvgIpc) is 2.34. The smallest absolute Gasteiger partial charge is 0.253 e. The molecule has 1 aromatic carbocycles. The summed E-state index contributed by atoms with van der Waals surface area (Å²) in [6.07, 6.45) is 3.00. The summed E-state index contributed by atoms with van der Waals surface area (Å²) in [4.78, 5) is 11.8. The first-order valence-corrected chi connectivity index (χ1v) is 6.79. The molecule has 5 heteroatoms. The van der Waals surface area contributed by atoms with Gasteiger partial charge in [-0.05, 0) is 30.6 Å². The normalized spacial score (nSPS) is 10.0. The summed E-state index contributed by atoms with van der Waals surface area (Å²) < 4.78 is 5.07. The van der Waals surface area contributed by atoms with Crippen molar-refractivity contribution in [3.63, 3.8) is 0 Å². The van der Waals surface area contributed by atoms with E-state index in [0.717, 1.165) is 12.2 Å². The molecule has 0 aliphatic heterocycles. The highest BCUT2D eigenvalue weighted by molar-refractivity contribution is 7.98. The van der Waals surface area contributed by atoms with Gasteiger partial charge in [-0.25, -0.2) is 0 Å². The van der Waals surface area contributed by atoms with Crippen LogP contribution in [0.5, 0.6) is 5.75 Å². The van der Waals surface area contributed by atoms with E-state index < -0.39 is 0 Å². The van der Waals surface area contributed by atoms with Crippen LogP contribution < -0.4 is 15.8 Å². The third-order valence-electron chi connectivity index (χ3n) is 2.34. The van der Waals surface area contributed by atoms with E-state index in [-0.39, 0.29) is 5.91 Å². The fraction of sp³-hybridized carbons (Fsp3) is 0.417. The van der Waals surface area contributed by atoms with Gasteiger partial charge < -0.3 is 15.8 Å². The number of hydrogen-bond donors (Lipinski definition) is 2. The Morgan fingerprint density at radius 3 is 2.94 bits per heavy atom. The number of thioether (sulfide) groups is 1. The highest BCUT2D eigenvalue weighted by atomic mass is 32.2. The minimum Gasteiger partial charge on any atom is -0.495 e. The second-order valence-corrected chi connectivity index (χ2v) is 4.51. The van der Waals surface area contributed by atoms with Crippen LogP contribution in [-0.2, 0) is 0 Å². The molecule has 0 saturated heterocycles. The number of nitrogen functional groups attached to an aromatic ring is 1. The van der Waals surface area contributed by atoms with Gasteiger partial charge in [0.1, 0.15) is 5.75 Å². The highest BCUT2D eigenvalue weighted by Gasteiger charge is 2.11. The maximum absolute atomic E-state index is 11.8. The SMILES string of the molecule is COc1cccc(C(=O)NCCCSC)c1N. The summed E-state index contributed by atoms with van der Waals surface area (Å²) >= 11 is 1.76. The number of nitrogens with two attached hydrogens (primary N) is 1. The minimum absolute atomic E-state index is 0.150. The minimum atomic E-state index is -0.150. The van der Waals surface area contributed by atoms with Gasteiger partial charge >= 0.3 is 0 Å². The molecule has 17 heavy (non-hydrogen) atoms. The molecule has 94 valence electrons. The Labute approximate surface area is 106 Å². The average molecular weight is 254 g/mol. The maximum atomic E-state index is 11.8. The third-order valence-corrected chi connectivity index (χ3v) is 3.04. The van der Waals surface area contributed by atoms with Crippen LogP contribution in [0.25, 0.3) is 0 Å². The Morgan fingerprint density at radius 2 is 2.29 bits per heavy atom. The van der Waals surface area contributed by atoms with Crippen molar-refractivity contribution in [1.82, 2.24) is 5.32 Å². The third kappa shape index (κ3) is 3.85. The van der Waals surface area contributed by atoms with Crippen LogP contribution in [0.15, 0.2) is 18.2 Å². The number of methoxy groups -OCH3 is 1. The lowest BCUT2D eigenvalue weighted by atomic mass is 10.1. The van der Waals surface area contributed by atoms with Crippen molar-refractivity contribution in [2.24, 2.45) is 0 Å². The second kappa shape index (κ2) is 7.06. The number of para-hydroxylation sites is 1. The molecule has 0 aromatic heterocycles. The Kier molecular flexibility index (Phi) is 5.69. The van der Waals surface area contributed by atoms with E-state index >= 15 is 0 Å². The van der Waals surface area contributed by atoms with Gasteiger partial charge in [-0.1, -0.05) is 6.07 Å². The molecule has 0 unspecified atom stereocenters. The topological polar surface area (TPSA) is 64.3 Å². The summed E-state index contributed by atoms with van der Waals surface area (Å²) in [5.41, 5.74) is 6.69. The van der Waals surface area contributed by atoms with Crippen molar-refractivity contribution >= 4 is 23.4 Å². The van der Waals surface area contributed by atoms with Crippen molar-refractivity contribution in [3.8, 4) is 5.75 Å². The largest absolute Gasteiger partial charge is 0.495 e. The monoisotopic (exact) mass is 254 g/mol. The van der Waals surface area contributed by atoms with Gasteiger partial charge in [-0.3, -0.25) is 4.79 Å². The molecule has 1 aromatic rings. The Hall–Kier alpha value is -1.36. The van der Waals surface area contributed by atoms with Crippen molar-refractivity contribution < 1.29 is 9.53 Å². The quantitative estimate of drug-likeness (QED) is 0.600. The number of ether oxygens (including phenoxy) is 1. The molecule has 0 saturated carbocycles. The maximum Gasteiger partial charge on any atom is 0.253 e. The summed E-state index contributed by atoms with van der Waals surface area (Å²) in [7, 11) is 1.53. The first-order valence-electron chi connectivity index (χ1n) is 5.40. The molecule has 0 heterocycles. The predicted octanol–water partition coefficient (Wildman–Crippen LogP) is 1.76. The van der Waals surface area contributed by atoms with Gasteiger partial charge in [0.15, 0.2) is 0 Å². The van der Waals surface area contributed by atoms with E-state index in [9.17, 15) is 4.79 Å². The van der Waals surface area contributed by atoms with Gasteiger partial charge in [-0.15, -0.1) is 0 Å². The number of carbonyl (C=O) groups is 1. The molecule has 1 amide bonds. The van der Waals surface area contributed by atoms with Crippen LogP contribution in [0.2, 0.25) is 0 Å². The van der Waals surface area contributed by atoms with Crippen LogP contribution in [0.4, 0.5) is 5.69 Å². The molecule has 0 aliphatic carbocycles. The Bertz CT molecular complexity index is 383. The van der Waals surface area contributed by atoms with E-state index in [1.165, 1.54) is 7.11 Å². The zero-order chi connectivity index (χ0) is 12.7. The molecule has 0 radical (unpaired) electrons. The lowest BCUT2D eigenvalue weighted by Crippen LogP contribution is -2.25. The van der Waals surface area contributed by atoms with Gasteiger partial charge in [0.05, 0.1) is 18.4 Å². The van der Waals surface area contributed by atoms with E-state index in [0.29, 0.717) is 23.5 Å². The Morgan fingerprint density at radius 1 is 1.53 bits per heavy atom. The molecule has 0 aliphatic rings. The lowest BCUT2D eigenvalue weighted by Gasteiger charge is -2.10. The molecular weight excluding hydrogens is 236 g/mol. The predicted molar refractivity (Wildman–Crippen MR) is 72.7 cm³/mol. The number of anilines is 1. The second-order valence-electron chi connectivity index (χ2n) is 3.52. The van der Waals surface area contributed by atoms with Crippen molar-refractivity contribution in [2.45, 2.75) is 6.42 Å². The summed E-state index contributed by atoms with van der Waals surface area (Å²) in [6, 6.07) is 5.19. The molecule has 0 fully saturated rings. The summed E-state index contributed by atoms with van der Waals surface area (Å²) in [5, 5.41) is 2.84.